The van der Waals surface area contributed by atoms with Gasteiger partial charge in [-0.25, -0.2) is 5.43 Å². The van der Waals surface area contributed by atoms with Crippen LogP contribution in [0.25, 0.3) is 0 Å². The SMILES string of the molecule is COc1ccc(/C(C)=N/NC(=O)c2ccc(C)o2)cc1. The molecule has 2 rings (SSSR count). The van der Waals surface area contributed by atoms with Gasteiger partial charge in [0.25, 0.3) is 0 Å². The van der Waals surface area contributed by atoms with Crippen molar-refractivity contribution in [3.63, 3.8) is 0 Å². The Morgan fingerprint density at radius 2 is 1.90 bits per heavy atom. The fraction of sp³-hybridized carbons (Fsp3) is 0.200. The van der Waals surface area contributed by atoms with Gasteiger partial charge in [-0.2, -0.15) is 5.10 Å². The van der Waals surface area contributed by atoms with E-state index in [-0.39, 0.29) is 11.7 Å². The lowest BCUT2D eigenvalue weighted by atomic mass is 10.1. The van der Waals surface area contributed by atoms with Crippen LogP contribution in [0, 0.1) is 6.92 Å². The second kappa shape index (κ2) is 6.06. The maximum Gasteiger partial charge on any atom is 0.307 e. The van der Waals surface area contributed by atoms with E-state index in [1.54, 1.807) is 26.2 Å². The summed E-state index contributed by atoms with van der Waals surface area (Å²) in [5.74, 6) is 1.34. The van der Waals surface area contributed by atoms with Crippen LogP contribution in [0.2, 0.25) is 0 Å². The third-order valence-corrected chi connectivity index (χ3v) is 2.80. The summed E-state index contributed by atoms with van der Waals surface area (Å²) in [7, 11) is 1.61. The highest BCUT2D eigenvalue weighted by Crippen LogP contribution is 2.12. The summed E-state index contributed by atoms with van der Waals surface area (Å²) in [5, 5.41) is 4.05. The molecule has 20 heavy (non-hydrogen) atoms. The van der Waals surface area contributed by atoms with Crippen LogP contribution in [0.15, 0.2) is 45.9 Å². The van der Waals surface area contributed by atoms with Crippen LogP contribution < -0.4 is 10.2 Å². The molecule has 1 amide bonds. The lowest BCUT2D eigenvalue weighted by Crippen LogP contribution is -2.18. The van der Waals surface area contributed by atoms with E-state index in [1.807, 2.05) is 31.2 Å². The molecule has 5 nitrogen and oxygen atoms in total. The molecule has 0 fully saturated rings. The van der Waals surface area contributed by atoms with Crippen molar-refractivity contribution >= 4 is 11.6 Å². The number of hydrogen-bond acceptors (Lipinski definition) is 4. The molecule has 0 saturated heterocycles. The number of benzene rings is 1. The quantitative estimate of drug-likeness (QED) is 0.687. The van der Waals surface area contributed by atoms with Gasteiger partial charge in [0.1, 0.15) is 11.5 Å². The number of nitrogens with zero attached hydrogens (tertiary/aromatic N) is 1. The zero-order chi connectivity index (χ0) is 14.5. The first-order valence-corrected chi connectivity index (χ1v) is 6.15. The lowest BCUT2D eigenvalue weighted by molar-refractivity contribution is 0.0926. The van der Waals surface area contributed by atoms with Crippen LogP contribution in [0.5, 0.6) is 5.75 Å². The molecule has 0 bridgehead atoms. The normalized spacial score (nSPS) is 11.2. The third-order valence-electron chi connectivity index (χ3n) is 2.80. The highest BCUT2D eigenvalue weighted by Gasteiger charge is 2.09. The van der Waals surface area contributed by atoms with Crippen molar-refractivity contribution in [2.45, 2.75) is 13.8 Å². The monoisotopic (exact) mass is 272 g/mol. The summed E-state index contributed by atoms with van der Waals surface area (Å²) in [5.41, 5.74) is 4.07. The summed E-state index contributed by atoms with van der Waals surface area (Å²) < 4.78 is 10.3. The van der Waals surface area contributed by atoms with E-state index >= 15 is 0 Å². The number of nitrogens with one attached hydrogen (secondary N) is 1. The molecule has 0 aliphatic rings. The summed E-state index contributed by atoms with van der Waals surface area (Å²) in [6.07, 6.45) is 0. The van der Waals surface area contributed by atoms with Gasteiger partial charge in [-0.15, -0.1) is 0 Å². The standard InChI is InChI=1S/C15H16N2O3/c1-10-4-9-14(20-10)15(18)17-16-11(2)12-5-7-13(19-3)8-6-12/h4-9H,1-3H3,(H,17,18)/b16-11+. The van der Waals surface area contributed by atoms with Gasteiger partial charge in [0.15, 0.2) is 5.76 Å². The average molecular weight is 272 g/mol. The van der Waals surface area contributed by atoms with E-state index in [9.17, 15) is 4.79 Å². The number of carbonyl (C=O) groups excluding carboxylic acids is 1. The Morgan fingerprint density at radius 1 is 1.20 bits per heavy atom. The minimum Gasteiger partial charge on any atom is -0.497 e. The van der Waals surface area contributed by atoms with Crippen molar-refractivity contribution in [2.24, 2.45) is 5.10 Å². The Bertz CT molecular complexity index is 627. The molecule has 1 heterocycles. The van der Waals surface area contributed by atoms with Gasteiger partial charge < -0.3 is 9.15 Å². The second-order valence-electron chi connectivity index (χ2n) is 4.28. The van der Waals surface area contributed by atoms with E-state index in [2.05, 4.69) is 10.5 Å². The molecule has 1 aromatic carbocycles. The predicted octanol–water partition coefficient (Wildman–Crippen LogP) is 2.75. The van der Waals surface area contributed by atoms with Crippen molar-refractivity contribution in [2.75, 3.05) is 7.11 Å². The van der Waals surface area contributed by atoms with E-state index in [0.29, 0.717) is 11.5 Å². The molecular weight excluding hydrogens is 256 g/mol. The molecule has 0 spiro atoms. The molecule has 2 aromatic rings. The molecule has 1 aromatic heterocycles. The Labute approximate surface area is 117 Å². The van der Waals surface area contributed by atoms with Gasteiger partial charge in [-0.1, -0.05) is 0 Å². The Morgan fingerprint density at radius 3 is 2.45 bits per heavy atom. The Balaban J connectivity index is 2.04. The van der Waals surface area contributed by atoms with E-state index in [0.717, 1.165) is 11.3 Å². The topological polar surface area (TPSA) is 63.8 Å². The van der Waals surface area contributed by atoms with Crippen LogP contribution in [-0.4, -0.2) is 18.7 Å². The summed E-state index contributed by atoms with van der Waals surface area (Å²) in [4.78, 5) is 11.8. The first-order valence-electron chi connectivity index (χ1n) is 6.15. The number of carbonyl (C=O) groups is 1. The van der Waals surface area contributed by atoms with E-state index in [1.165, 1.54) is 0 Å². The molecule has 0 saturated carbocycles. The number of ether oxygens (including phenoxy) is 1. The van der Waals surface area contributed by atoms with Gasteiger partial charge in [0.2, 0.25) is 0 Å². The summed E-state index contributed by atoms with van der Waals surface area (Å²) in [6.45, 7) is 3.60. The van der Waals surface area contributed by atoms with Crippen LogP contribution in [0.1, 0.15) is 28.8 Å². The Hall–Kier alpha value is -2.56. The number of amides is 1. The molecule has 1 N–H and O–H groups in total. The zero-order valence-electron chi connectivity index (χ0n) is 11.6. The average Bonchev–Trinajstić information content (AvgIpc) is 2.91. The van der Waals surface area contributed by atoms with Crippen molar-refractivity contribution < 1.29 is 13.9 Å². The minimum absolute atomic E-state index is 0.244. The number of rotatable bonds is 4. The fourth-order valence-electron chi connectivity index (χ4n) is 1.64. The molecule has 0 unspecified atom stereocenters. The first-order chi connectivity index (χ1) is 9.60. The molecule has 0 atom stereocenters. The van der Waals surface area contributed by atoms with Gasteiger partial charge in [0.05, 0.1) is 12.8 Å². The highest BCUT2D eigenvalue weighted by molar-refractivity contribution is 6.00. The molecular formula is C15H16N2O3. The minimum atomic E-state index is -0.369. The van der Waals surface area contributed by atoms with Crippen molar-refractivity contribution in [3.05, 3.63) is 53.5 Å². The lowest BCUT2D eigenvalue weighted by Gasteiger charge is -2.03. The highest BCUT2D eigenvalue weighted by atomic mass is 16.5. The second-order valence-corrected chi connectivity index (χ2v) is 4.28. The molecule has 0 radical (unpaired) electrons. The van der Waals surface area contributed by atoms with Gasteiger partial charge in [-0.05, 0) is 55.8 Å². The van der Waals surface area contributed by atoms with Crippen molar-refractivity contribution in [1.82, 2.24) is 5.43 Å². The number of hydrogen-bond donors (Lipinski definition) is 1. The Kier molecular flexibility index (Phi) is 4.20. The zero-order valence-corrected chi connectivity index (χ0v) is 11.6. The number of hydrazone groups is 1. The molecule has 104 valence electrons. The smallest absolute Gasteiger partial charge is 0.307 e. The molecule has 0 aliphatic heterocycles. The van der Waals surface area contributed by atoms with Gasteiger partial charge in [-0.3, -0.25) is 4.79 Å². The fourth-order valence-corrected chi connectivity index (χ4v) is 1.64. The van der Waals surface area contributed by atoms with Crippen molar-refractivity contribution in [1.29, 1.82) is 0 Å². The van der Waals surface area contributed by atoms with Crippen LogP contribution in [-0.2, 0) is 0 Å². The van der Waals surface area contributed by atoms with Gasteiger partial charge >= 0.3 is 5.91 Å². The third kappa shape index (κ3) is 3.26. The predicted molar refractivity (Wildman–Crippen MR) is 76.1 cm³/mol. The van der Waals surface area contributed by atoms with Crippen LogP contribution >= 0.6 is 0 Å². The summed E-state index contributed by atoms with van der Waals surface area (Å²) in [6, 6.07) is 10.8. The number of furan rings is 1. The van der Waals surface area contributed by atoms with E-state index < -0.39 is 0 Å². The van der Waals surface area contributed by atoms with Crippen LogP contribution in [0.4, 0.5) is 0 Å². The maximum absolute atomic E-state index is 11.8. The van der Waals surface area contributed by atoms with Crippen LogP contribution in [0.3, 0.4) is 0 Å². The first kappa shape index (κ1) is 13.9. The number of methoxy groups -OCH3 is 1. The van der Waals surface area contributed by atoms with Crippen molar-refractivity contribution in [3.8, 4) is 5.75 Å². The molecule has 5 heteroatoms. The summed E-state index contributed by atoms with van der Waals surface area (Å²) >= 11 is 0. The maximum atomic E-state index is 11.8. The number of aryl methyl sites for hydroxylation is 1. The van der Waals surface area contributed by atoms with E-state index in [4.69, 9.17) is 9.15 Å². The van der Waals surface area contributed by atoms with Gasteiger partial charge in [0, 0.05) is 0 Å². The largest absolute Gasteiger partial charge is 0.497 e. The molecule has 0 aliphatic carbocycles.